The highest BCUT2D eigenvalue weighted by molar-refractivity contribution is 5.55. The molecule has 15 heavy (non-hydrogen) atoms. The fourth-order valence-corrected chi connectivity index (χ4v) is 1.03. The summed E-state index contributed by atoms with van der Waals surface area (Å²) in [5.74, 6) is 0.537. The molecule has 0 aliphatic rings. The standard InChI is InChI=1S/C9H6N6/c10-3-6-4-13-9(15-8(6)11)7-1-2-12-5-14-7/h1-2,4-5H,(H2,11,13,15). The third-order valence-electron chi connectivity index (χ3n) is 1.75. The molecule has 0 atom stereocenters. The van der Waals surface area contributed by atoms with Gasteiger partial charge in [0.05, 0.1) is 6.20 Å². The molecule has 2 heterocycles. The second-order valence-corrected chi connectivity index (χ2v) is 2.70. The van der Waals surface area contributed by atoms with E-state index in [4.69, 9.17) is 11.0 Å². The summed E-state index contributed by atoms with van der Waals surface area (Å²) in [5.41, 5.74) is 6.38. The minimum absolute atomic E-state index is 0.154. The molecule has 0 fully saturated rings. The first kappa shape index (κ1) is 9.02. The van der Waals surface area contributed by atoms with Crippen molar-refractivity contribution in [3.05, 3.63) is 30.4 Å². The molecule has 0 aliphatic carbocycles. The van der Waals surface area contributed by atoms with Crippen molar-refractivity contribution in [2.24, 2.45) is 0 Å². The molecule has 0 bridgehead atoms. The molecule has 0 spiro atoms. The van der Waals surface area contributed by atoms with E-state index in [0.717, 1.165) is 0 Å². The topological polar surface area (TPSA) is 101 Å². The lowest BCUT2D eigenvalue weighted by Gasteiger charge is -2.00. The normalized spacial score (nSPS) is 9.53. The quantitative estimate of drug-likeness (QED) is 0.711. The van der Waals surface area contributed by atoms with Gasteiger partial charge in [0.15, 0.2) is 5.82 Å². The number of nitriles is 1. The minimum Gasteiger partial charge on any atom is -0.382 e. The van der Waals surface area contributed by atoms with Crippen LogP contribution in [0.1, 0.15) is 5.56 Å². The summed E-state index contributed by atoms with van der Waals surface area (Å²) >= 11 is 0. The van der Waals surface area contributed by atoms with Crippen LogP contribution >= 0.6 is 0 Å². The van der Waals surface area contributed by atoms with E-state index < -0.39 is 0 Å². The summed E-state index contributed by atoms with van der Waals surface area (Å²) in [5, 5.41) is 8.64. The summed E-state index contributed by atoms with van der Waals surface area (Å²) in [6.45, 7) is 0. The van der Waals surface area contributed by atoms with Crippen LogP contribution in [0.2, 0.25) is 0 Å². The van der Waals surface area contributed by atoms with Crippen LogP contribution < -0.4 is 5.73 Å². The third kappa shape index (κ3) is 1.71. The van der Waals surface area contributed by atoms with Gasteiger partial charge in [-0.15, -0.1) is 0 Å². The average molecular weight is 198 g/mol. The lowest BCUT2D eigenvalue weighted by Crippen LogP contribution is -1.99. The van der Waals surface area contributed by atoms with E-state index in [1.807, 2.05) is 6.07 Å². The zero-order valence-corrected chi connectivity index (χ0v) is 7.62. The van der Waals surface area contributed by atoms with Gasteiger partial charge >= 0.3 is 0 Å². The molecule has 0 amide bonds. The summed E-state index contributed by atoms with van der Waals surface area (Å²) in [6.07, 6.45) is 4.35. The molecule has 2 N–H and O–H groups in total. The third-order valence-corrected chi connectivity index (χ3v) is 1.75. The Morgan fingerprint density at radius 3 is 2.80 bits per heavy atom. The Kier molecular flexibility index (Phi) is 2.21. The van der Waals surface area contributed by atoms with Gasteiger partial charge in [-0.25, -0.2) is 19.9 Å². The molecule has 0 aliphatic heterocycles. The van der Waals surface area contributed by atoms with Crippen LogP contribution in [0.15, 0.2) is 24.8 Å². The molecule has 6 heteroatoms. The smallest absolute Gasteiger partial charge is 0.180 e. The molecule has 0 radical (unpaired) electrons. The number of aromatic nitrogens is 4. The van der Waals surface area contributed by atoms with Crippen LogP contribution in [-0.4, -0.2) is 19.9 Å². The van der Waals surface area contributed by atoms with Gasteiger partial charge in [0.25, 0.3) is 0 Å². The van der Waals surface area contributed by atoms with Crippen LogP contribution in [0.4, 0.5) is 5.82 Å². The fourth-order valence-electron chi connectivity index (χ4n) is 1.03. The Hall–Kier alpha value is -2.55. The summed E-state index contributed by atoms with van der Waals surface area (Å²) in [4.78, 5) is 15.7. The Morgan fingerprint density at radius 1 is 1.33 bits per heavy atom. The summed E-state index contributed by atoms with van der Waals surface area (Å²) in [6, 6.07) is 3.56. The Labute approximate surface area is 85.5 Å². The van der Waals surface area contributed by atoms with Crippen LogP contribution in [-0.2, 0) is 0 Å². The van der Waals surface area contributed by atoms with Crippen molar-refractivity contribution in [1.82, 2.24) is 19.9 Å². The first-order valence-electron chi connectivity index (χ1n) is 4.10. The van der Waals surface area contributed by atoms with E-state index in [2.05, 4.69) is 19.9 Å². The van der Waals surface area contributed by atoms with Crippen molar-refractivity contribution in [1.29, 1.82) is 5.26 Å². The highest BCUT2D eigenvalue weighted by Gasteiger charge is 2.05. The van der Waals surface area contributed by atoms with Gasteiger partial charge in [-0.2, -0.15) is 5.26 Å². The predicted molar refractivity (Wildman–Crippen MR) is 52.2 cm³/mol. The van der Waals surface area contributed by atoms with Gasteiger partial charge in [-0.05, 0) is 6.07 Å². The largest absolute Gasteiger partial charge is 0.382 e. The first-order chi connectivity index (χ1) is 7.31. The Balaban J connectivity index is 2.49. The molecule has 0 aromatic carbocycles. The van der Waals surface area contributed by atoms with Crippen molar-refractivity contribution in [3.63, 3.8) is 0 Å². The summed E-state index contributed by atoms with van der Waals surface area (Å²) in [7, 11) is 0. The van der Waals surface area contributed by atoms with E-state index in [1.54, 1.807) is 12.3 Å². The van der Waals surface area contributed by atoms with Crippen molar-refractivity contribution in [3.8, 4) is 17.6 Å². The molecule has 0 unspecified atom stereocenters. The molecule has 2 aromatic rings. The maximum Gasteiger partial charge on any atom is 0.180 e. The van der Waals surface area contributed by atoms with Crippen LogP contribution in [0.3, 0.4) is 0 Å². The zero-order valence-electron chi connectivity index (χ0n) is 7.62. The maximum absolute atomic E-state index is 8.64. The van der Waals surface area contributed by atoms with E-state index in [9.17, 15) is 0 Å². The monoisotopic (exact) mass is 198 g/mol. The van der Waals surface area contributed by atoms with Crippen LogP contribution in [0.25, 0.3) is 11.5 Å². The number of nitrogens with two attached hydrogens (primary N) is 1. The average Bonchev–Trinajstić information content (AvgIpc) is 2.30. The number of nitrogens with zero attached hydrogens (tertiary/aromatic N) is 5. The van der Waals surface area contributed by atoms with Crippen molar-refractivity contribution < 1.29 is 0 Å². The van der Waals surface area contributed by atoms with Crippen molar-refractivity contribution >= 4 is 5.82 Å². The number of rotatable bonds is 1. The second-order valence-electron chi connectivity index (χ2n) is 2.70. The number of nitrogen functional groups attached to an aromatic ring is 1. The van der Waals surface area contributed by atoms with Gasteiger partial charge in [-0.1, -0.05) is 0 Å². The van der Waals surface area contributed by atoms with E-state index in [1.165, 1.54) is 12.5 Å². The number of anilines is 1. The highest BCUT2D eigenvalue weighted by atomic mass is 15.0. The lowest BCUT2D eigenvalue weighted by molar-refractivity contribution is 1.10. The molecule has 2 aromatic heterocycles. The lowest BCUT2D eigenvalue weighted by atomic mass is 10.3. The van der Waals surface area contributed by atoms with Crippen molar-refractivity contribution in [2.45, 2.75) is 0 Å². The van der Waals surface area contributed by atoms with E-state index in [0.29, 0.717) is 11.5 Å². The van der Waals surface area contributed by atoms with Crippen LogP contribution in [0, 0.1) is 11.3 Å². The van der Waals surface area contributed by atoms with Gasteiger partial charge in [-0.3, -0.25) is 0 Å². The molecular weight excluding hydrogens is 192 g/mol. The SMILES string of the molecule is N#Cc1cnc(-c2ccncn2)nc1N. The predicted octanol–water partition coefficient (Wildman–Crippen LogP) is 0.387. The van der Waals surface area contributed by atoms with Crippen LogP contribution in [0.5, 0.6) is 0 Å². The van der Waals surface area contributed by atoms with Gasteiger partial charge in [0.2, 0.25) is 0 Å². The highest BCUT2D eigenvalue weighted by Crippen LogP contribution is 2.13. The molecular formula is C9H6N6. The summed E-state index contributed by atoms with van der Waals surface area (Å²) < 4.78 is 0. The van der Waals surface area contributed by atoms with E-state index in [-0.39, 0.29) is 11.4 Å². The zero-order chi connectivity index (χ0) is 10.7. The van der Waals surface area contributed by atoms with E-state index >= 15 is 0 Å². The minimum atomic E-state index is 0.154. The van der Waals surface area contributed by atoms with Crippen molar-refractivity contribution in [2.75, 3.05) is 5.73 Å². The fraction of sp³-hybridized carbons (Fsp3) is 0. The first-order valence-corrected chi connectivity index (χ1v) is 4.10. The molecule has 0 saturated carbocycles. The second kappa shape index (κ2) is 3.67. The molecule has 2 rings (SSSR count). The van der Waals surface area contributed by atoms with Gasteiger partial charge < -0.3 is 5.73 Å². The number of hydrogen-bond donors (Lipinski definition) is 1. The van der Waals surface area contributed by atoms with Gasteiger partial charge in [0.1, 0.15) is 29.5 Å². The Morgan fingerprint density at radius 2 is 2.20 bits per heavy atom. The maximum atomic E-state index is 8.64. The molecule has 72 valence electrons. The number of hydrogen-bond acceptors (Lipinski definition) is 6. The molecule has 6 nitrogen and oxygen atoms in total. The molecule has 0 saturated heterocycles. The Bertz CT molecular complexity index is 516. The van der Waals surface area contributed by atoms with Gasteiger partial charge in [0, 0.05) is 6.20 Å².